The fraction of sp³-hybridized carbons (Fsp3) is 1.00. The van der Waals surface area contributed by atoms with E-state index in [2.05, 4.69) is 12.2 Å². The molecule has 1 aliphatic heterocycles. The summed E-state index contributed by atoms with van der Waals surface area (Å²) < 4.78 is 4.83. The third-order valence-electron chi connectivity index (χ3n) is 1.97. The number of ether oxygens (including phenoxy) is 1. The second-order valence-corrected chi connectivity index (χ2v) is 3.13. The summed E-state index contributed by atoms with van der Waals surface area (Å²) in [6.07, 6.45) is 2.64. The van der Waals surface area contributed by atoms with Gasteiger partial charge in [0.25, 0.3) is 0 Å². The summed E-state index contributed by atoms with van der Waals surface area (Å²) in [6.45, 7) is 10.2. The van der Waals surface area contributed by atoms with Crippen LogP contribution in [-0.4, -0.2) is 26.3 Å². The summed E-state index contributed by atoms with van der Waals surface area (Å²) >= 11 is 0. The van der Waals surface area contributed by atoms with Gasteiger partial charge in [-0.05, 0) is 19.8 Å². The Morgan fingerprint density at radius 2 is 1.62 bits per heavy atom. The Bertz CT molecular complexity index is 83.0. The molecule has 0 radical (unpaired) electrons. The van der Waals surface area contributed by atoms with Crippen LogP contribution in [0.4, 0.5) is 0 Å². The maximum absolute atomic E-state index is 4.83. The molecule has 0 aliphatic carbocycles. The van der Waals surface area contributed by atoms with Crippen molar-refractivity contribution in [1.82, 2.24) is 0 Å². The van der Waals surface area contributed by atoms with Gasteiger partial charge in [-0.3, -0.25) is 0 Å². The van der Waals surface area contributed by atoms with Crippen LogP contribution < -0.4 is 18.9 Å². The van der Waals surface area contributed by atoms with Gasteiger partial charge in [0.1, 0.15) is 0 Å². The van der Waals surface area contributed by atoms with E-state index in [1.807, 2.05) is 13.8 Å². The van der Waals surface area contributed by atoms with E-state index < -0.39 is 0 Å². The van der Waals surface area contributed by atoms with Crippen molar-refractivity contribution in [3.05, 3.63) is 5.32 Å². The van der Waals surface area contributed by atoms with E-state index in [-0.39, 0.29) is 18.9 Å². The van der Waals surface area contributed by atoms with Gasteiger partial charge in [0.15, 0.2) is 0 Å². The summed E-state index contributed by atoms with van der Waals surface area (Å²) in [5.41, 5.74) is 0. The minimum absolute atomic E-state index is 0. The molecule has 13 heavy (non-hydrogen) atoms. The van der Waals surface area contributed by atoms with Gasteiger partial charge in [0, 0.05) is 13.2 Å². The standard InChI is InChI=1S/C6H12N.C4H10O.Li/c1-6-2-4-7-5-3-6;1-3-5-4-2;/h6H,2-5H2,1H3;3-4H2,1-2H3;/q-1;;+1. The average Bonchev–Trinajstić information content (AvgIpc) is 2.08. The largest absolute Gasteiger partial charge is 1.00 e. The van der Waals surface area contributed by atoms with E-state index in [1.165, 1.54) is 12.8 Å². The molecule has 2 nitrogen and oxygen atoms in total. The van der Waals surface area contributed by atoms with Gasteiger partial charge in [0.05, 0.1) is 0 Å². The molecule has 0 atom stereocenters. The van der Waals surface area contributed by atoms with Crippen LogP contribution in [0.5, 0.6) is 0 Å². The summed E-state index contributed by atoms with van der Waals surface area (Å²) in [7, 11) is 0. The van der Waals surface area contributed by atoms with Crippen molar-refractivity contribution < 1.29 is 23.6 Å². The molecule has 1 saturated heterocycles. The number of hydrogen-bond donors (Lipinski definition) is 0. The van der Waals surface area contributed by atoms with Crippen LogP contribution in [0, 0.1) is 5.92 Å². The molecule has 0 N–H and O–H groups in total. The second-order valence-electron chi connectivity index (χ2n) is 3.13. The molecule has 0 bridgehead atoms. The molecule has 0 aromatic heterocycles. The Hall–Kier alpha value is 0.517. The molecule has 3 heteroatoms. The van der Waals surface area contributed by atoms with Crippen molar-refractivity contribution in [3.8, 4) is 0 Å². The predicted octanol–water partition coefficient (Wildman–Crippen LogP) is -0.163. The minimum Gasteiger partial charge on any atom is -0.662 e. The zero-order valence-electron chi connectivity index (χ0n) is 9.68. The zero-order valence-corrected chi connectivity index (χ0v) is 9.68. The van der Waals surface area contributed by atoms with Crippen LogP contribution in [0.2, 0.25) is 0 Å². The van der Waals surface area contributed by atoms with E-state index in [0.29, 0.717) is 0 Å². The maximum Gasteiger partial charge on any atom is 1.00 e. The summed E-state index contributed by atoms with van der Waals surface area (Å²) in [6, 6.07) is 0. The van der Waals surface area contributed by atoms with Crippen molar-refractivity contribution in [2.75, 3.05) is 26.3 Å². The van der Waals surface area contributed by atoms with Crippen LogP contribution in [0.15, 0.2) is 0 Å². The third-order valence-corrected chi connectivity index (χ3v) is 1.97. The number of piperidine rings is 1. The van der Waals surface area contributed by atoms with Crippen LogP contribution in [0.25, 0.3) is 5.32 Å². The first kappa shape index (κ1) is 16.0. The molecule has 0 aromatic rings. The van der Waals surface area contributed by atoms with E-state index >= 15 is 0 Å². The monoisotopic (exact) mass is 179 g/mol. The molecule has 0 aromatic carbocycles. The molecular formula is C10H22LiNO. The quantitative estimate of drug-likeness (QED) is 0.540. The van der Waals surface area contributed by atoms with Crippen LogP contribution in [-0.2, 0) is 4.74 Å². The Morgan fingerprint density at radius 1 is 1.15 bits per heavy atom. The molecule has 0 unspecified atom stereocenters. The van der Waals surface area contributed by atoms with Gasteiger partial charge in [-0.25, -0.2) is 0 Å². The van der Waals surface area contributed by atoms with Gasteiger partial charge in [-0.1, -0.05) is 19.8 Å². The van der Waals surface area contributed by atoms with Crippen molar-refractivity contribution in [2.45, 2.75) is 33.6 Å². The SMILES string of the molecule is CC1CC[N-]CC1.CCOCC.[Li+]. The van der Waals surface area contributed by atoms with Gasteiger partial charge in [-0.15, -0.1) is 13.1 Å². The number of nitrogens with zero attached hydrogens (tertiary/aromatic N) is 1. The maximum atomic E-state index is 4.83. The van der Waals surface area contributed by atoms with Crippen molar-refractivity contribution in [1.29, 1.82) is 0 Å². The van der Waals surface area contributed by atoms with Crippen LogP contribution >= 0.6 is 0 Å². The molecule has 0 saturated carbocycles. The van der Waals surface area contributed by atoms with Crippen molar-refractivity contribution in [3.63, 3.8) is 0 Å². The Morgan fingerprint density at radius 3 is 1.77 bits per heavy atom. The minimum atomic E-state index is 0. The first-order valence-corrected chi connectivity index (χ1v) is 5.02. The van der Waals surface area contributed by atoms with Crippen molar-refractivity contribution in [2.24, 2.45) is 5.92 Å². The summed E-state index contributed by atoms with van der Waals surface area (Å²) in [5, 5.41) is 4.23. The van der Waals surface area contributed by atoms with Gasteiger partial charge >= 0.3 is 18.9 Å². The topological polar surface area (TPSA) is 23.3 Å². The smallest absolute Gasteiger partial charge is 0.662 e. The van der Waals surface area contributed by atoms with Crippen LogP contribution in [0.3, 0.4) is 0 Å². The van der Waals surface area contributed by atoms with E-state index in [0.717, 1.165) is 32.2 Å². The Kier molecular flexibility index (Phi) is 15.4. The van der Waals surface area contributed by atoms with E-state index in [1.54, 1.807) is 0 Å². The normalized spacial score (nSPS) is 16.8. The zero-order chi connectivity index (χ0) is 9.23. The number of rotatable bonds is 2. The molecule has 1 fully saturated rings. The van der Waals surface area contributed by atoms with Gasteiger partial charge < -0.3 is 10.1 Å². The second kappa shape index (κ2) is 12.5. The fourth-order valence-corrected chi connectivity index (χ4v) is 1.08. The molecule has 0 spiro atoms. The number of hydrogen-bond acceptors (Lipinski definition) is 1. The molecule has 0 amide bonds. The molecule has 1 heterocycles. The molecule has 74 valence electrons. The average molecular weight is 179 g/mol. The summed E-state index contributed by atoms with van der Waals surface area (Å²) in [5.74, 6) is 0.942. The fourth-order valence-electron chi connectivity index (χ4n) is 1.08. The first-order valence-electron chi connectivity index (χ1n) is 5.02. The predicted molar refractivity (Wildman–Crippen MR) is 53.7 cm³/mol. The third kappa shape index (κ3) is 12.5. The first-order chi connectivity index (χ1) is 5.81. The molecular weight excluding hydrogens is 157 g/mol. The Labute approximate surface area is 95.0 Å². The van der Waals surface area contributed by atoms with E-state index in [4.69, 9.17) is 4.74 Å². The van der Waals surface area contributed by atoms with Crippen molar-refractivity contribution >= 4 is 0 Å². The van der Waals surface area contributed by atoms with Gasteiger partial charge in [0.2, 0.25) is 0 Å². The molecule has 1 aliphatic rings. The van der Waals surface area contributed by atoms with E-state index in [9.17, 15) is 0 Å². The Balaban J connectivity index is 0. The summed E-state index contributed by atoms with van der Waals surface area (Å²) in [4.78, 5) is 0. The molecule has 1 rings (SSSR count). The van der Waals surface area contributed by atoms with Crippen LogP contribution in [0.1, 0.15) is 33.6 Å². The van der Waals surface area contributed by atoms with Gasteiger partial charge in [-0.2, -0.15) is 0 Å².